The first-order valence-corrected chi connectivity index (χ1v) is 7.27. The van der Waals surface area contributed by atoms with Crippen molar-refractivity contribution in [1.29, 1.82) is 0 Å². The highest BCUT2D eigenvalue weighted by Crippen LogP contribution is 2.30. The van der Waals surface area contributed by atoms with Gasteiger partial charge in [-0.1, -0.05) is 36.9 Å². The molecule has 4 heteroatoms. The second-order valence-corrected chi connectivity index (χ2v) is 5.68. The SMILES string of the molecule is CCc1ccc(Sc2ccc(CC(=O)O)c(N)c2)cc1. The number of hydrogen-bond acceptors (Lipinski definition) is 3. The van der Waals surface area contributed by atoms with Crippen molar-refractivity contribution >= 4 is 23.4 Å². The molecule has 0 aliphatic rings. The predicted molar refractivity (Wildman–Crippen MR) is 82.1 cm³/mol. The first kappa shape index (κ1) is 14.5. The van der Waals surface area contributed by atoms with E-state index in [0.29, 0.717) is 11.3 Å². The third kappa shape index (κ3) is 3.78. The molecule has 2 aromatic carbocycles. The van der Waals surface area contributed by atoms with Crippen LogP contribution in [0.2, 0.25) is 0 Å². The number of carboxylic acids is 1. The van der Waals surface area contributed by atoms with Crippen LogP contribution in [-0.2, 0) is 17.6 Å². The van der Waals surface area contributed by atoms with Gasteiger partial charge in [0.2, 0.25) is 0 Å². The molecule has 2 rings (SSSR count). The number of carbonyl (C=O) groups is 1. The normalized spacial score (nSPS) is 10.4. The zero-order valence-corrected chi connectivity index (χ0v) is 12.1. The number of aliphatic carboxylic acids is 1. The van der Waals surface area contributed by atoms with Crippen LogP contribution in [0.4, 0.5) is 5.69 Å². The van der Waals surface area contributed by atoms with Crippen LogP contribution < -0.4 is 5.73 Å². The molecule has 0 atom stereocenters. The Balaban J connectivity index is 2.13. The molecular formula is C16H17NO2S. The lowest BCUT2D eigenvalue weighted by Crippen LogP contribution is -2.03. The van der Waals surface area contributed by atoms with Crippen LogP contribution in [0.5, 0.6) is 0 Å². The van der Waals surface area contributed by atoms with Gasteiger partial charge in [-0.25, -0.2) is 0 Å². The number of benzene rings is 2. The number of aryl methyl sites for hydroxylation is 1. The van der Waals surface area contributed by atoms with Crippen LogP contribution in [0.3, 0.4) is 0 Å². The van der Waals surface area contributed by atoms with Crippen molar-refractivity contribution in [3.8, 4) is 0 Å². The van der Waals surface area contributed by atoms with Crippen molar-refractivity contribution in [1.82, 2.24) is 0 Å². The Bertz CT molecular complexity index is 608. The van der Waals surface area contributed by atoms with Gasteiger partial charge in [0.1, 0.15) is 0 Å². The van der Waals surface area contributed by atoms with Gasteiger partial charge in [-0.05, 0) is 41.8 Å². The van der Waals surface area contributed by atoms with Crippen molar-refractivity contribution in [3.05, 3.63) is 53.6 Å². The first-order valence-electron chi connectivity index (χ1n) is 6.45. The van der Waals surface area contributed by atoms with Crippen molar-refractivity contribution in [3.63, 3.8) is 0 Å². The summed E-state index contributed by atoms with van der Waals surface area (Å²) in [6.07, 6.45) is 0.990. The Kier molecular flexibility index (Phi) is 4.69. The van der Waals surface area contributed by atoms with Gasteiger partial charge < -0.3 is 10.8 Å². The van der Waals surface area contributed by atoms with Crippen molar-refractivity contribution < 1.29 is 9.90 Å². The van der Waals surface area contributed by atoms with Gasteiger partial charge >= 0.3 is 5.97 Å². The minimum Gasteiger partial charge on any atom is -0.481 e. The molecule has 0 aliphatic heterocycles. The molecule has 0 unspecified atom stereocenters. The summed E-state index contributed by atoms with van der Waals surface area (Å²) >= 11 is 1.62. The van der Waals surface area contributed by atoms with E-state index in [1.807, 2.05) is 12.1 Å². The van der Waals surface area contributed by atoms with Crippen molar-refractivity contribution in [2.75, 3.05) is 5.73 Å². The number of hydrogen-bond donors (Lipinski definition) is 2. The highest BCUT2D eigenvalue weighted by Gasteiger charge is 2.06. The zero-order chi connectivity index (χ0) is 14.5. The molecule has 0 aromatic heterocycles. The maximum Gasteiger partial charge on any atom is 0.307 e. The van der Waals surface area contributed by atoms with Gasteiger partial charge in [-0.15, -0.1) is 0 Å². The smallest absolute Gasteiger partial charge is 0.307 e. The van der Waals surface area contributed by atoms with E-state index in [1.165, 1.54) is 5.56 Å². The third-order valence-corrected chi connectivity index (χ3v) is 4.02. The Morgan fingerprint density at radius 1 is 1.15 bits per heavy atom. The Morgan fingerprint density at radius 3 is 2.35 bits per heavy atom. The molecule has 0 amide bonds. The molecule has 0 heterocycles. The molecule has 0 radical (unpaired) electrons. The predicted octanol–water partition coefficient (Wildman–Crippen LogP) is 3.61. The minimum absolute atomic E-state index is 0.0397. The van der Waals surface area contributed by atoms with Gasteiger partial charge in [0.15, 0.2) is 0 Å². The van der Waals surface area contributed by atoms with E-state index >= 15 is 0 Å². The highest BCUT2D eigenvalue weighted by molar-refractivity contribution is 7.99. The summed E-state index contributed by atoms with van der Waals surface area (Å²) in [5, 5.41) is 8.78. The summed E-state index contributed by atoms with van der Waals surface area (Å²) in [5.41, 5.74) is 8.39. The fourth-order valence-corrected chi connectivity index (χ4v) is 2.76. The zero-order valence-electron chi connectivity index (χ0n) is 11.3. The van der Waals surface area contributed by atoms with Crippen LogP contribution in [0.15, 0.2) is 52.3 Å². The summed E-state index contributed by atoms with van der Waals surface area (Å²) in [6.45, 7) is 2.13. The fourth-order valence-electron chi connectivity index (χ4n) is 1.89. The molecule has 2 aromatic rings. The molecular weight excluding hydrogens is 270 g/mol. The molecule has 3 N–H and O–H groups in total. The van der Waals surface area contributed by atoms with Gasteiger partial charge in [-0.2, -0.15) is 0 Å². The Morgan fingerprint density at radius 2 is 1.80 bits per heavy atom. The van der Waals surface area contributed by atoms with Crippen LogP contribution >= 0.6 is 11.8 Å². The van der Waals surface area contributed by atoms with E-state index in [0.717, 1.165) is 16.2 Å². The summed E-state index contributed by atoms with van der Waals surface area (Å²) in [7, 11) is 0. The van der Waals surface area contributed by atoms with Crippen LogP contribution in [0, 0.1) is 0 Å². The van der Waals surface area contributed by atoms with Gasteiger partial charge in [0, 0.05) is 15.5 Å². The molecule has 20 heavy (non-hydrogen) atoms. The lowest BCUT2D eigenvalue weighted by Gasteiger charge is -2.07. The molecule has 0 fully saturated rings. The molecule has 0 aliphatic carbocycles. The number of anilines is 1. The van der Waals surface area contributed by atoms with E-state index in [-0.39, 0.29) is 6.42 Å². The maximum absolute atomic E-state index is 10.7. The fraction of sp³-hybridized carbons (Fsp3) is 0.188. The van der Waals surface area contributed by atoms with E-state index < -0.39 is 5.97 Å². The molecule has 0 saturated heterocycles. The van der Waals surface area contributed by atoms with Crippen molar-refractivity contribution in [2.45, 2.75) is 29.6 Å². The lowest BCUT2D eigenvalue weighted by atomic mass is 10.1. The number of nitrogen functional groups attached to an aromatic ring is 1. The second-order valence-electron chi connectivity index (χ2n) is 4.53. The Labute approximate surface area is 122 Å². The topological polar surface area (TPSA) is 63.3 Å². The largest absolute Gasteiger partial charge is 0.481 e. The summed E-state index contributed by atoms with van der Waals surface area (Å²) in [5.74, 6) is -0.868. The molecule has 0 spiro atoms. The standard InChI is InChI=1S/C16H17NO2S/c1-2-11-3-6-13(7-4-11)20-14-8-5-12(9-16(18)19)15(17)10-14/h3-8,10H,2,9,17H2,1H3,(H,18,19). The van der Waals surface area contributed by atoms with E-state index in [1.54, 1.807) is 17.8 Å². The average molecular weight is 287 g/mol. The first-order chi connectivity index (χ1) is 9.58. The molecule has 0 bridgehead atoms. The number of nitrogens with two attached hydrogens (primary N) is 1. The van der Waals surface area contributed by atoms with Gasteiger partial charge in [0.25, 0.3) is 0 Å². The third-order valence-electron chi connectivity index (χ3n) is 3.03. The van der Waals surface area contributed by atoms with Crippen LogP contribution in [0.1, 0.15) is 18.1 Å². The number of carboxylic acid groups (broad SMARTS) is 1. The number of rotatable bonds is 5. The summed E-state index contributed by atoms with van der Waals surface area (Å²) in [6, 6.07) is 13.9. The van der Waals surface area contributed by atoms with Gasteiger partial charge in [-0.3, -0.25) is 4.79 Å². The summed E-state index contributed by atoms with van der Waals surface area (Å²) < 4.78 is 0. The maximum atomic E-state index is 10.7. The lowest BCUT2D eigenvalue weighted by molar-refractivity contribution is -0.136. The van der Waals surface area contributed by atoms with Crippen LogP contribution in [-0.4, -0.2) is 11.1 Å². The monoisotopic (exact) mass is 287 g/mol. The summed E-state index contributed by atoms with van der Waals surface area (Å²) in [4.78, 5) is 12.9. The van der Waals surface area contributed by atoms with Crippen LogP contribution in [0.25, 0.3) is 0 Å². The average Bonchev–Trinajstić information content (AvgIpc) is 2.42. The quantitative estimate of drug-likeness (QED) is 0.825. The van der Waals surface area contributed by atoms with E-state index in [4.69, 9.17) is 10.8 Å². The van der Waals surface area contributed by atoms with E-state index in [9.17, 15) is 4.79 Å². The molecule has 104 valence electrons. The Hall–Kier alpha value is -1.94. The van der Waals surface area contributed by atoms with E-state index in [2.05, 4.69) is 31.2 Å². The minimum atomic E-state index is -0.868. The van der Waals surface area contributed by atoms with Gasteiger partial charge in [0.05, 0.1) is 6.42 Å². The molecule has 0 saturated carbocycles. The second kappa shape index (κ2) is 6.48. The molecule has 3 nitrogen and oxygen atoms in total. The highest BCUT2D eigenvalue weighted by atomic mass is 32.2. The van der Waals surface area contributed by atoms with Crippen molar-refractivity contribution in [2.24, 2.45) is 0 Å².